The number of carbonyl (C=O) groups is 1. The molecule has 11 heteroatoms. The summed E-state index contributed by atoms with van der Waals surface area (Å²) >= 11 is 5.84. The molecule has 0 aliphatic heterocycles. The fourth-order valence-electron chi connectivity index (χ4n) is 2.11. The minimum Gasteiger partial charge on any atom is -0.468 e. The molecule has 3 rings (SSSR count). The highest BCUT2D eigenvalue weighted by Gasteiger charge is 2.29. The molecular weight excluding hydrogens is 403 g/mol. The second-order valence-corrected chi connectivity index (χ2v) is 5.77. The first-order valence-electron chi connectivity index (χ1n) is 7.65. The molecule has 0 saturated carbocycles. The van der Waals surface area contributed by atoms with E-state index >= 15 is 0 Å². The van der Waals surface area contributed by atoms with Crippen LogP contribution in [-0.4, -0.2) is 29.0 Å². The van der Waals surface area contributed by atoms with Crippen molar-refractivity contribution in [1.82, 2.24) is 10.1 Å². The Bertz CT molecular complexity index is 947. The first-order valence-corrected chi connectivity index (χ1v) is 8.03. The van der Waals surface area contributed by atoms with Gasteiger partial charge in [0.25, 0.3) is 0 Å². The Hall–Kier alpha value is -3.27. The highest BCUT2D eigenvalue weighted by molar-refractivity contribution is 6.30. The molecule has 1 amide bonds. The Morgan fingerprint density at radius 3 is 2.61 bits per heavy atom. The van der Waals surface area contributed by atoms with E-state index in [0.717, 1.165) is 6.20 Å². The van der Waals surface area contributed by atoms with E-state index in [2.05, 4.69) is 20.0 Å². The van der Waals surface area contributed by atoms with Gasteiger partial charge in [-0.2, -0.15) is 13.2 Å². The number of benzene rings is 1. The van der Waals surface area contributed by atoms with E-state index in [1.165, 1.54) is 18.3 Å². The lowest BCUT2D eigenvalue weighted by atomic mass is 10.1. The van der Waals surface area contributed by atoms with Crippen LogP contribution in [0.3, 0.4) is 0 Å². The van der Waals surface area contributed by atoms with Gasteiger partial charge in [-0.15, -0.1) is 0 Å². The Balaban J connectivity index is 1.85. The van der Waals surface area contributed by atoms with Gasteiger partial charge in [0.1, 0.15) is 0 Å². The van der Waals surface area contributed by atoms with Gasteiger partial charge in [-0.25, -0.2) is 9.78 Å². The number of hydrogen-bond donors (Lipinski definition) is 1. The van der Waals surface area contributed by atoms with Crippen molar-refractivity contribution in [3.63, 3.8) is 0 Å². The number of nitrogens with zero attached hydrogens (tertiary/aromatic N) is 2. The van der Waals surface area contributed by atoms with Gasteiger partial charge in [0.05, 0.1) is 18.1 Å². The fourth-order valence-corrected chi connectivity index (χ4v) is 2.24. The lowest BCUT2D eigenvalue weighted by Gasteiger charge is -2.14. The number of anilines is 1. The second kappa shape index (κ2) is 8.17. The predicted molar refractivity (Wildman–Crippen MR) is 92.4 cm³/mol. The Kier molecular flexibility index (Phi) is 5.69. The summed E-state index contributed by atoms with van der Waals surface area (Å²) < 4.78 is 51.8. The van der Waals surface area contributed by atoms with E-state index in [1.807, 2.05) is 0 Å². The molecular formula is C17H11ClF3N3O4. The molecule has 0 aliphatic carbocycles. The first-order chi connectivity index (χ1) is 13.3. The zero-order valence-corrected chi connectivity index (χ0v) is 14.6. The summed E-state index contributed by atoms with van der Waals surface area (Å²) in [7, 11) is 0. The van der Waals surface area contributed by atoms with Crippen LogP contribution < -0.4 is 14.8 Å². The molecule has 28 heavy (non-hydrogen) atoms. The molecule has 7 nitrogen and oxygen atoms in total. The number of rotatable bonds is 5. The van der Waals surface area contributed by atoms with Crippen LogP contribution in [0.1, 0.15) is 0 Å². The van der Waals surface area contributed by atoms with Crippen molar-refractivity contribution >= 4 is 23.4 Å². The van der Waals surface area contributed by atoms with Gasteiger partial charge in [-0.1, -0.05) is 28.9 Å². The Morgan fingerprint density at radius 1 is 1.21 bits per heavy atom. The number of hydrogen-bond acceptors (Lipinski definition) is 6. The fraction of sp³-hybridized carbons (Fsp3) is 0.118. The minimum absolute atomic E-state index is 0.131. The summed E-state index contributed by atoms with van der Waals surface area (Å²) in [6, 6.07) is 8.99. The first kappa shape index (κ1) is 19.5. The van der Waals surface area contributed by atoms with Gasteiger partial charge in [0.2, 0.25) is 5.88 Å². The molecule has 0 atom stereocenters. The minimum atomic E-state index is -4.53. The number of pyridine rings is 1. The van der Waals surface area contributed by atoms with Crippen molar-refractivity contribution < 1.29 is 32.0 Å². The maximum Gasteiger partial charge on any atom is 0.422 e. The summed E-state index contributed by atoms with van der Waals surface area (Å²) in [6.07, 6.45) is -3.01. The summed E-state index contributed by atoms with van der Waals surface area (Å²) in [5, 5.41) is 6.21. The average Bonchev–Trinajstić information content (AvgIpc) is 3.13. The Labute approximate surface area is 161 Å². The molecule has 0 radical (unpaired) electrons. The van der Waals surface area contributed by atoms with E-state index in [4.69, 9.17) is 21.1 Å². The van der Waals surface area contributed by atoms with E-state index in [9.17, 15) is 18.0 Å². The van der Waals surface area contributed by atoms with E-state index in [1.54, 1.807) is 24.3 Å². The highest BCUT2D eigenvalue weighted by Crippen LogP contribution is 2.32. The van der Waals surface area contributed by atoms with Crippen molar-refractivity contribution in [2.45, 2.75) is 6.18 Å². The van der Waals surface area contributed by atoms with Gasteiger partial charge >= 0.3 is 18.2 Å². The van der Waals surface area contributed by atoms with E-state index in [0.29, 0.717) is 10.6 Å². The largest absolute Gasteiger partial charge is 0.468 e. The molecule has 1 aromatic carbocycles. The van der Waals surface area contributed by atoms with Crippen molar-refractivity contribution in [2.24, 2.45) is 0 Å². The third-order valence-corrected chi connectivity index (χ3v) is 3.48. The van der Waals surface area contributed by atoms with Crippen molar-refractivity contribution in [3.05, 3.63) is 53.8 Å². The SMILES string of the molecule is O=C(Nc1cnc(OCC(F)(F)F)c(-c2ccc(Cl)cc2)c1)Oc1ccno1. The second-order valence-electron chi connectivity index (χ2n) is 5.33. The third kappa shape index (κ3) is 5.36. The van der Waals surface area contributed by atoms with Crippen LogP contribution in [-0.2, 0) is 0 Å². The van der Waals surface area contributed by atoms with Gasteiger partial charge in [-0.05, 0) is 23.8 Å². The monoisotopic (exact) mass is 413 g/mol. The van der Waals surface area contributed by atoms with E-state index < -0.39 is 18.9 Å². The number of carbonyl (C=O) groups excluding carboxylic acids is 1. The zero-order valence-electron chi connectivity index (χ0n) is 13.9. The lowest BCUT2D eigenvalue weighted by molar-refractivity contribution is -0.154. The number of alkyl halides is 3. The highest BCUT2D eigenvalue weighted by atomic mass is 35.5. The molecule has 2 heterocycles. The normalized spacial score (nSPS) is 11.1. The average molecular weight is 414 g/mol. The molecule has 0 fully saturated rings. The molecule has 3 aromatic rings. The number of halogens is 4. The van der Waals surface area contributed by atoms with Gasteiger partial charge in [-0.3, -0.25) is 5.32 Å². The van der Waals surface area contributed by atoms with Crippen LogP contribution in [0, 0.1) is 0 Å². The Morgan fingerprint density at radius 2 is 1.96 bits per heavy atom. The van der Waals surface area contributed by atoms with Crippen LogP contribution in [0.2, 0.25) is 5.02 Å². The lowest BCUT2D eigenvalue weighted by Crippen LogP contribution is -2.20. The van der Waals surface area contributed by atoms with E-state index in [-0.39, 0.29) is 23.1 Å². The summed E-state index contributed by atoms with van der Waals surface area (Å²) in [5.41, 5.74) is 0.869. The maximum atomic E-state index is 12.5. The van der Waals surface area contributed by atoms with Crippen LogP contribution in [0.15, 0.2) is 53.3 Å². The number of ether oxygens (including phenoxy) is 2. The summed E-state index contributed by atoms with van der Waals surface area (Å²) in [6.45, 7) is -1.51. The van der Waals surface area contributed by atoms with Gasteiger partial charge in [0, 0.05) is 16.7 Å². The van der Waals surface area contributed by atoms with Crippen LogP contribution >= 0.6 is 11.6 Å². The number of amides is 1. The van der Waals surface area contributed by atoms with Crippen LogP contribution in [0.5, 0.6) is 11.8 Å². The summed E-state index contributed by atoms with van der Waals surface area (Å²) in [4.78, 5) is 15.7. The zero-order chi connectivity index (χ0) is 20.1. The number of nitrogens with one attached hydrogen (secondary N) is 1. The molecule has 0 saturated heterocycles. The van der Waals surface area contributed by atoms with Crippen LogP contribution in [0.4, 0.5) is 23.7 Å². The predicted octanol–water partition coefficient (Wildman–Crippen LogP) is 4.94. The van der Waals surface area contributed by atoms with Crippen molar-refractivity contribution in [2.75, 3.05) is 11.9 Å². The van der Waals surface area contributed by atoms with Crippen LogP contribution in [0.25, 0.3) is 11.1 Å². The standard InChI is InChI=1S/C17H11ClF3N3O4/c18-11-3-1-10(2-4-11)13-7-12(8-22-15(13)26-9-17(19,20)21)24-16(25)27-14-5-6-23-28-14/h1-8H,9H2,(H,24,25). The number of aromatic nitrogens is 2. The molecule has 0 bridgehead atoms. The quantitative estimate of drug-likeness (QED) is 0.637. The van der Waals surface area contributed by atoms with Crippen molar-refractivity contribution in [3.8, 4) is 23.0 Å². The summed E-state index contributed by atoms with van der Waals surface area (Å²) in [5.74, 6) is -0.387. The molecule has 1 N–H and O–H groups in total. The molecule has 0 unspecified atom stereocenters. The molecule has 0 spiro atoms. The molecule has 146 valence electrons. The van der Waals surface area contributed by atoms with Gasteiger partial charge in [0.15, 0.2) is 6.61 Å². The smallest absolute Gasteiger partial charge is 0.422 e. The third-order valence-electron chi connectivity index (χ3n) is 3.23. The maximum absolute atomic E-state index is 12.5. The topological polar surface area (TPSA) is 86.5 Å². The molecule has 0 aliphatic rings. The van der Waals surface area contributed by atoms with Gasteiger partial charge < -0.3 is 14.0 Å². The van der Waals surface area contributed by atoms with Crippen molar-refractivity contribution in [1.29, 1.82) is 0 Å². The molecule has 2 aromatic heterocycles.